The summed E-state index contributed by atoms with van der Waals surface area (Å²) < 4.78 is 5.40. The molecule has 0 bridgehead atoms. The molecular formula is C19H22ClN5O. The van der Waals surface area contributed by atoms with Crippen molar-refractivity contribution in [2.24, 2.45) is 0 Å². The maximum absolute atomic E-state index is 6.13. The van der Waals surface area contributed by atoms with Crippen molar-refractivity contribution >= 4 is 28.5 Å². The molecule has 1 atom stereocenters. The molecule has 6 nitrogen and oxygen atoms in total. The lowest BCUT2D eigenvalue weighted by atomic mass is 10.0. The van der Waals surface area contributed by atoms with Crippen LogP contribution < -0.4 is 5.32 Å². The van der Waals surface area contributed by atoms with Crippen molar-refractivity contribution in [1.29, 1.82) is 0 Å². The van der Waals surface area contributed by atoms with E-state index in [-0.39, 0.29) is 0 Å². The number of piperidine rings is 1. The Bertz CT molecular complexity index is 897. The Morgan fingerprint density at radius 3 is 3.08 bits per heavy atom. The summed E-state index contributed by atoms with van der Waals surface area (Å²) in [6.45, 7) is 5.28. The fourth-order valence-electron chi connectivity index (χ4n) is 3.56. The lowest BCUT2D eigenvalue weighted by Gasteiger charge is -2.33. The molecule has 1 N–H and O–H groups in total. The largest absolute Gasteiger partial charge is 0.368 e. The number of hydrogen-bond donors (Lipinski definition) is 1. The Hall–Kier alpha value is -2.18. The molecule has 0 radical (unpaired) electrons. The summed E-state index contributed by atoms with van der Waals surface area (Å²) in [7, 11) is 0. The van der Waals surface area contributed by atoms with Crippen LogP contribution >= 0.6 is 11.6 Å². The second-order valence-electron chi connectivity index (χ2n) is 6.75. The van der Waals surface area contributed by atoms with Gasteiger partial charge in [-0.25, -0.2) is 4.98 Å². The summed E-state index contributed by atoms with van der Waals surface area (Å²) >= 11 is 6.13. The topological polar surface area (TPSA) is 67.1 Å². The van der Waals surface area contributed by atoms with Crippen molar-refractivity contribution in [3.63, 3.8) is 0 Å². The van der Waals surface area contributed by atoms with Gasteiger partial charge in [-0.1, -0.05) is 35.3 Å². The summed E-state index contributed by atoms with van der Waals surface area (Å²) in [5.74, 6) is 0.746. The maximum atomic E-state index is 6.13. The molecule has 7 heteroatoms. The fourth-order valence-corrected chi connectivity index (χ4v) is 3.75. The Kier molecular flexibility index (Phi) is 5.04. The zero-order valence-corrected chi connectivity index (χ0v) is 15.5. The highest BCUT2D eigenvalue weighted by Crippen LogP contribution is 2.32. The second kappa shape index (κ2) is 7.60. The van der Waals surface area contributed by atoms with Crippen LogP contribution in [0.3, 0.4) is 0 Å². The molecule has 4 rings (SSSR count). The van der Waals surface area contributed by atoms with Gasteiger partial charge in [0.25, 0.3) is 5.71 Å². The molecule has 0 saturated carbocycles. The minimum atomic E-state index is 0.476. The molecule has 26 heavy (non-hydrogen) atoms. The molecule has 1 aliphatic rings. The fraction of sp³-hybridized carbons (Fsp3) is 0.421. The lowest BCUT2D eigenvalue weighted by Crippen LogP contribution is -2.40. The summed E-state index contributed by atoms with van der Waals surface area (Å²) in [5.41, 5.74) is 2.07. The van der Waals surface area contributed by atoms with Crippen molar-refractivity contribution in [1.82, 2.24) is 20.0 Å². The van der Waals surface area contributed by atoms with Crippen LogP contribution in [0.1, 0.15) is 26.2 Å². The van der Waals surface area contributed by atoms with E-state index in [0.29, 0.717) is 22.5 Å². The van der Waals surface area contributed by atoms with E-state index in [9.17, 15) is 0 Å². The van der Waals surface area contributed by atoms with E-state index in [1.165, 1.54) is 32.1 Å². The quantitative estimate of drug-likeness (QED) is 0.724. The van der Waals surface area contributed by atoms with E-state index < -0.39 is 0 Å². The van der Waals surface area contributed by atoms with Crippen LogP contribution in [0.2, 0.25) is 5.02 Å². The van der Waals surface area contributed by atoms with Crippen LogP contribution in [0.25, 0.3) is 22.4 Å². The number of anilines is 1. The molecule has 1 saturated heterocycles. The van der Waals surface area contributed by atoms with Crippen LogP contribution in [-0.2, 0) is 0 Å². The summed E-state index contributed by atoms with van der Waals surface area (Å²) in [6.07, 6.45) is 5.40. The van der Waals surface area contributed by atoms with Gasteiger partial charge < -0.3 is 9.84 Å². The number of rotatable bonds is 5. The van der Waals surface area contributed by atoms with Gasteiger partial charge in [-0.05, 0) is 38.4 Å². The number of nitrogens with one attached hydrogen (secondary N) is 1. The van der Waals surface area contributed by atoms with Crippen LogP contribution in [0, 0.1) is 0 Å². The Morgan fingerprint density at radius 1 is 1.31 bits per heavy atom. The van der Waals surface area contributed by atoms with Crippen molar-refractivity contribution in [2.45, 2.75) is 32.2 Å². The van der Waals surface area contributed by atoms with Crippen LogP contribution in [0.15, 0.2) is 35.1 Å². The predicted molar refractivity (Wildman–Crippen MR) is 103 cm³/mol. The van der Waals surface area contributed by atoms with Gasteiger partial charge in [0.05, 0.1) is 0 Å². The van der Waals surface area contributed by atoms with E-state index in [1.54, 1.807) is 0 Å². The van der Waals surface area contributed by atoms with Gasteiger partial charge in [-0.3, -0.25) is 4.90 Å². The van der Waals surface area contributed by atoms with Crippen molar-refractivity contribution < 1.29 is 4.52 Å². The highest BCUT2D eigenvalue weighted by atomic mass is 35.5. The normalized spacial score (nSPS) is 18.3. The first-order chi connectivity index (χ1) is 12.7. The molecule has 2 aromatic heterocycles. The lowest BCUT2D eigenvalue weighted by molar-refractivity contribution is 0.167. The monoisotopic (exact) mass is 371 g/mol. The van der Waals surface area contributed by atoms with E-state index >= 15 is 0 Å². The number of aromatic nitrogens is 3. The Morgan fingerprint density at radius 2 is 2.23 bits per heavy atom. The van der Waals surface area contributed by atoms with Gasteiger partial charge in [0.1, 0.15) is 23.2 Å². The molecule has 1 fully saturated rings. The highest BCUT2D eigenvalue weighted by Gasteiger charge is 2.19. The van der Waals surface area contributed by atoms with Crippen molar-refractivity contribution in [2.75, 3.05) is 25.0 Å². The van der Waals surface area contributed by atoms with E-state index in [4.69, 9.17) is 16.1 Å². The van der Waals surface area contributed by atoms with E-state index in [1.807, 2.05) is 24.3 Å². The molecule has 136 valence electrons. The molecule has 3 aromatic rings. The number of fused-ring (bicyclic) bond motifs is 1. The standard InChI is InChI=1S/C19H22ClN5O/c1-13-5-2-3-9-25(13)10-8-21-18-16-17(14-6-4-7-15(20)11-14)24-26-19(16)23-12-22-18/h4,6-7,11-13H,2-3,5,8-10H2,1H3,(H,21,22,23). The van der Waals surface area contributed by atoms with Gasteiger partial charge in [-0.2, -0.15) is 4.98 Å². The predicted octanol–water partition coefficient (Wildman–Crippen LogP) is 4.22. The number of benzene rings is 1. The average molecular weight is 372 g/mol. The number of halogens is 1. The van der Waals surface area contributed by atoms with Crippen LogP contribution in [-0.4, -0.2) is 45.7 Å². The first-order valence-corrected chi connectivity index (χ1v) is 9.44. The third kappa shape index (κ3) is 3.52. The second-order valence-corrected chi connectivity index (χ2v) is 7.19. The average Bonchev–Trinajstić information content (AvgIpc) is 3.08. The van der Waals surface area contributed by atoms with Gasteiger partial charge in [0.15, 0.2) is 0 Å². The minimum Gasteiger partial charge on any atom is -0.368 e. The van der Waals surface area contributed by atoms with Gasteiger partial charge in [0, 0.05) is 29.7 Å². The van der Waals surface area contributed by atoms with Gasteiger partial charge in [0.2, 0.25) is 0 Å². The zero-order chi connectivity index (χ0) is 17.9. The third-order valence-electron chi connectivity index (χ3n) is 5.00. The van der Waals surface area contributed by atoms with Crippen molar-refractivity contribution in [3.8, 4) is 11.3 Å². The minimum absolute atomic E-state index is 0.476. The number of hydrogen-bond acceptors (Lipinski definition) is 6. The summed E-state index contributed by atoms with van der Waals surface area (Å²) in [6, 6.07) is 8.20. The molecule has 1 aliphatic heterocycles. The molecule has 0 spiro atoms. The SMILES string of the molecule is CC1CCCCN1CCNc1ncnc2onc(-c3cccc(Cl)c3)c12. The number of likely N-dealkylation sites (tertiary alicyclic amines) is 1. The molecule has 1 unspecified atom stereocenters. The maximum Gasteiger partial charge on any atom is 0.263 e. The molecule has 3 heterocycles. The zero-order valence-electron chi connectivity index (χ0n) is 14.8. The van der Waals surface area contributed by atoms with Crippen molar-refractivity contribution in [3.05, 3.63) is 35.6 Å². The Balaban J connectivity index is 1.56. The molecular weight excluding hydrogens is 350 g/mol. The van der Waals surface area contributed by atoms with Gasteiger partial charge in [-0.15, -0.1) is 0 Å². The number of nitrogens with zero attached hydrogens (tertiary/aromatic N) is 4. The van der Waals surface area contributed by atoms with E-state index in [0.717, 1.165) is 29.9 Å². The summed E-state index contributed by atoms with van der Waals surface area (Å²) in [5, 5.41) is 9.08. The summed E-state index contributed by atoms with van der Waals surface area (Å²) in [4.78, 5) is 11.1. The van der Waals surface area contributed by atoms with E-state index in [2.05, 4.69) is 32.3 Å². The van der Waals surface area contributed by atoms with Crippen LogP contribution in [0.5, 0.6) is 0 Å². The Labute approximate surface area is 157 Å². The highest BCUT2D eigenvalue weighted by molar-refractivity contribution is 6.30. The molecule has 1 aromatic carbocycles. The first kappa shape index (κ1) is 17.2. The van der Waals surface area contributed by atoms with Crippen LogP contribution in [0.4, 0.5) is 5.82 Å². The molecule has 0 amide bonds. The third-order valence-corrected chi connectivity index (χ3v) is 5.24. The first-order valence-electron chi connectivity index (χ1n) is 9.06. The van der Waals surface area contributed by atoms with Gasteiger partial charge >= 0.3 is 0 Å². The molecule has 0 aliphatic carbocycles. The smallest absolute Gasteiger partial charge is 0.263 e.